The van der Waals surface area contributed by atoms with Crippen molar-refractivity contribution in [2.24, 2.45) is 11.7 Å². The number of rotatable bonds is 1. The summed E-state index contributed by atoms with van der Waals surface area (Å²) < 4.78 is 5.17. The summed E-state index contributed by atoms with van der Waals surface area (Å²) in [6, 6.07) is 0. The fourth-order valence-corrected chi connectivity index (χ4v) is 2.28. The Bertz CT molecular complexity index is 348. The smallest absolute Gasteiger partial charge is 0.143 e. The van der Waals surface area contributed by atoms with E-state index in [0.717, 1.165) is 29.9 Å². The molecule has 2 unspecified atom stereocenters. The minimum absolute atomic E-state index is 0.165. The maximum absolute atomic E-state index is 10.4. The number of hydrogen-bond donors (Lipinski definition) is 2. The number of nitrogens with two attached hydrogens (primary N) is 1. The normalized spacial score (nSPS) is 31.6. The predicted molar refractivity (Wildman–Crippen MR) is 51.7 cm³/mol. The molecule has 0 spiro atoms. The van der Waals surface area contributed by atoms with Gasteiger partial charge in [-0.2, -0.15) is 0 Å². The molecule has 3 N–H and O–H groups in total. The second-order valence-electron chi connectivity index (χ2n) is 4.13. The van der Waals surface area contributed by atoms with Crippen LogP contribution in [0.2, 0.25) is 0 Å². The second-order valence-corrected chi connectivity index (χ2v) is 4.13. The summed E-state index contributed by atoms with van der Waals surface area (Å²) in [5, 5.41) is 14.3. The van der Waals surface area contributed by atoms with E-state index in [4.69, 9.17) is 10.3 Å². The van der Waals surface area contributed by atoms with Crippen LogP contribution in [0.1, 0.15) is 30.4 Å². The van der Waals surface area contributed by atoms with Gasteiger partial charge < -0.3 is 15.4 Å². The van der Waals surface area contributed by atoms with E-state index in [1.807, 2.05) is 13.8 Å². The molecule has 0 radical (unpaired) electrons. The number of nitrogens with zero attached hydrogens (tertiary/aromatic N) is 1. The Hall–Kier alpha value is -0.870. The molecule has 0 saturated carbocycles. The van der Waals surface area contributed by atoms with Gasteiger partial charge in [-0.25, -0.2) is 0 Å². The molecule has 0 amide bonds. The largest absolute Gasteiger partial charge is 0.383 e. The van der Waals surface area contributed by atoms with Crippen molar-refractivity contribution in [1.82, 2.24) is 5.16 Å². The van der Waals surface area contributed by atoms with Gasteiger partial charge in [-0.3, -0.25) is 0 Å². The van der Waals surface area contributed by atoms with Crippen LogP contribution in [0.25, 0.3) is 0 Å². The van der Waals surface area contributed by atoms with E-state index >= 15 is 0 Å². The molecular formula is C10H16N2O2. The fraction of sp³-hybridized carbons (Fsp3) is 0.700. The third-order valence-electron chi connectivity index (χ3n) is 3.30. The van der Waals surface area contributed by atoms with Crippen LogP contribution < -0.4 is 5.73 Å². The van der Waals surface area contributed by atoms with Crippen LogP contribution in [-0.2, 0) is 12.0 Å². The zero-order valence-corrected chi connectivity index (χ0v) is 8.58. The lowest BCUT2D eigenvalue weighted by atomic mass is 9.74. The minimum atomic E-state index is -0.947. The van der Waals surface area contributed by atoms with Crippen molar-refractivity contribution < 1.29 is 9.63 Å². The first-order valence-corrected chi connectivity index (χ1v) is 4.97. The van der Waals surface area contributed by atoms with Crippen LogP contribution in [0.4, 0.5) is 0 Å². The van der Waals surface area contributed by atoms with Gasteiger partial charge in [0.15, 0.2) is 0 Å². The van der Waals surface area contributed by atoms with Crippen LogP contribution in [0.3, 0.4) is 0 Å². The van der Waals surface area contributed by atoms with Crippen LogP contribution in [0.5, 0.6) is 0 Å². The van der Waals surface area contributed by atoms with Gasteiger partial charge in [0.1, 0.15) is 11.4 Å². The van der Waals surface area contributed by atoms with E-state index < -0.39 is 5.60 Å². The minimum Gasteiger partial charge on any atom is -0.383 e. The Labute approximate surface area is 83.1 Å². The average Bonchev–Trinajstić information content (AvgIpc) is 2.55. The summed E-state index contributed by atoms with van der Waals surface area (Å²) >= 11 is 0. The van der Waals surface area contributed by atoms with Crippen molar-refractivity contribution in [1.29, 1.82) is 0 Å². The molecule has 1 aliphatic rings. The van der Waals surface area contributed by atoms with Gasteiger partial charge in [-0.1, -0.05) is 12.1 Å². The lowest BCUT2D eigenvalue weighted by molar-refractivity contribution is -0.0217. The number of aryl methyl sites for hydroxylation is 2. The van der Waals surface area contributed by atoms with E-state index in [0.29, 0.717) is 0 Å². The van der Waals surface area contributed by atoms with E-state index in [9.17, 15) is 5.11 Å². The van der Waals surface area contributed by atoms with Crippen LogP contribution in [-0.4, -0.2) is 16.8 Å². The van der Waals surface area contributed by atoms with Gasteiger partial charge in [0.05, 0.1) is 11.3 Å². The number of aromatic nitrogens is 1. The highest BCUT2D eigenvalue weighted by atomic mass is 16.5. The molecule has 4 nitrogen and oxygen atoms in total. The maximum Gasteiger partial charge on any atom is 0.143 e. The predicted octanol–water partition coefficient (Wildman–Crippen LogP) is 0.712. The lowest BCUT2D eigenvalue weighted by Gasteiger charge is -2.36. The van der Waals surface area contributed by atoms with E-state index in [2.05, 4.69) is 5.16 Å². The molecule has 4 heteroatoms. The third-order valence-corrected chi connectivity index (χ3v) is 3.30. The molecule has 1 heterocycles. The first kappa shape index (κ1) is 9.68. The van der Waals surface area contributed by atoms with Crippen molar-refractivity contribution in [3.63, 3.8) is 0 Å². The summed E-state index contributed by atoms with van der Waals surface area (Å²) in [6.45, 7) is 4.09. The molecule has 0 aromatic carbocycles. The summed E-state index contributed by atoms with van der Waals surface area (Å²) in [7, 11) is 0. The molecule has 0 saturated heterocycles. The van der Waals surface area contributed by atoms with Crippen molar-refractivity contribution in [2.45, 2.75) is 32.3 Å². The van der Waals surface area contributed by atoms with Gasteiger partial charge in [0.25, 0.3) is 0 Å². The molecule has 2 atom stereocenters. The molecular weight excluding hydrogens is 180 g/mol. The van der Waals surface area contributed by atoms with Crippen LogP contribution in [0, 0.1) is 12.8 Å². The highest BCUT2D eigenvalue weighted by Crippen LogP contribution is 2.40. The van der Waals surface area contributed by atoms with Crippen molar-refractivity contribution in [2.75, 3.05) is 6.54 Å². The van der Waals surface area contributed by atoms with Gasteiger partial charge in [-0.05, 0) is 19.3 Å². The first-order valence-electron chi connectivity index (χ1n) is 4.97. The topological polar surface area (TPSA) is 72.3 Å². The SMILES string of the molecule is Cc1noc2c1C(O)(CN)C(C)CC2. The van der Waals surface area contributed by atoms with Gasteiger partial charge >= 0.3 is 0 Å². The second kappa shape index (κ2) is 3.07. The molecule has 78 valence electrons. The van der Waals surface area contributed by atoms with Crippen molar-refractivity contribution in [3.8, 4) is 0 Å². The fourth-order valence-electron chi connectivity index (χ4n) is 2.28. The third kappa shape index (κ3) is 1.11. The van der Waals surface area contributed by atoms with Gasteiger partial charge in [0, 0.05) is 13.0 Å². The molecule has 14 heavy (non-hydrogen) atoms. The van der Waals surface area contributed by atoms with E-state index in [1.54, 1.807) is 0 Å². The monoisotopic (exact) mass is 196 g/mol. The Morgan fingerprint density at radius 2 is 2.43 bits per heavy atom. The quantitative estimate of drug-likeness (QED) is 0.694. The van der Waals surface area contributed by atoms with Crippen molar-refractivity contribution in [3.05, 3.63) is 17.0 Å². The Morgan fingerprint density at radius 1 is 1.71 bits per heavy atom. The van der Waals surface area contributed by atoms with Crippen molar-refractivity contribution >= 4 is 0 Å². The maximum atomic E-state index is 10.4. The van der Waals surface area contributed by atoms with E-state index in [1.165, 1.54) is 0 Å². The van der Waals surface area contributed by atoms with Gasteiger partial charge in [-0.15, -0.1) is 0 Å². The average molecular weight is 196 g/mol. The van der Waals surface area contributed by atoms with Gasteiger partial charge in [0.2, 0.25) is 0 Å². The highest BCUT2D eigenvalue weighted by Gasteiger charge is 2.43. The summed E-state index contributed by atoms with van der Waals surface area (Å²) in [5.41, 5.74) is 6.29. The Balaban J connectivity index is 2.55. The number of fused-ring (bicyclic) bond motifs is 1. The molecule has 2 rings (SSSR count). The molecule has 0 aliphatic heterocycles. The molecule has 1 aromatic heterocycles. The molecule has 0 fully saturated rings. The summed E-state index contributed by atoms with van der Waals surface area (Å²) in [6.07, 6.45) is 1.75. The summed E-state index contributed by atoms with van der Waals surface area (Å²) in [5.74, 6) is 0.964. The Kier molecular flexibility index (Phi) is 2.12. The van der Waals surface area contributed by atoms with Crippen LogP contribution >= 0.6 is 0 Å². The molecule has 1 aliphatic carbocycles. The van der Waals surface area contributed by atoms with E-state index in [-0.39, 0.29) is 12.5 Å². The summed E-state index contributed by atoms with van der Waals surface area (Å²) in [4.78, 5) is 0. The first-order chi connectivity index (χ1) is 6.59. The molecule has 1 aromatic rings. The lowest BCUT2D eigenvalue weighted by Crippen LogP contribution is -2.44. The molecule has 0 bridgehead atoms. The zero-order chi connectivity index (χ0) is 10.3. The number of hydrogen-bond acceptors (Lipinski definition) is 4. The zero-order valence-electron chi connectivity index (χ0n) is 8.58. The number of aliphatic hydroxyl groups is 1. The highest BCUT2D eigenvalue weighted by molar-refractivity contribution is 5.32. The standard InChI is InChI=1S/C10H16N2O2/c1-6-3-4-8-9(7(2)12-14-8)10(6,13)5-11/h6,13H,3-5,11H2,1-2H3. The Morgan fingerprint density at radius 3 is 3.07 bits per heavy atom. The van der Waals surface area contributed by atoms with Crippen LogP contribution in [0.15, 0.2) is 4.52 Å².